The third-order valence-corrected chi connectivity index (χ3v) is 3.95. The molecule has 0 aliphatic heterocycles. The molecule has 2 rings (SSSR count). The predicted molar refractivity (Wildman–Crippen MR) is 99.6 cm³/mol. The number of nitrogens with one attached hydrogen (secondary N) is 1. The topological polar surface area (TPSA) is 30.5 Å². The fourth-order valence-corrected chi connectivity index (χ4v) is 2.49. The van der Waals surface area contributed by atoms with Gasteiger partial charge in [0.2, 0.25) is 0 Å². The SMILES string of the molecule is CC(C)OCCCNCc1ccccc1OCc1ccccc1Cl. The van der Waals surface area contributed by atoms with Crippen molar-refractivity contribution in [3.05, 3.63) is 64.7 Å². The molecule has 24 heavy (non-hydrogen) atoms. The molecule has 0 radical (unpaired) electrons. The number of halogens is 1. The van der Waals surface area contributed by atoms with Crippen LogP contribution in [0.5, 0.6) is 5.75 Å². The van der Waals surface area contributed by atoms with Gasteiger partial charge in [-0.25, -0.2) is 0 Å². The Morgan fingerprint density at radius 3 is 2.46 bits per heavy atom. The first-order valence-electron chi connectivity index (χ1n) is 8.43. The average molecular weight is 348 g/mol. The molecule has 1 N–H and O–H groups in total. The zero-order chi connectivity index (χ0) is 17.2. The van der Waals surface area contributed by atoms with Crippen LogP contribution in [-0.4, -0.2) is 19.3 Å². The van der Waals surface area contributed by atoms with E-state index in [2.05, 4.69) is 25.2 Å². The van der Waals surface area contributed by atoms with Gasteiger partial charge in [0, 0.05) is 29.3 Å². The first-order chi connectivity index (χ1) is 11.7. The summed E-state index contributed by atoms with van der Waals surface area (Å²) in [6.07, 6.45) is 1.30. The number of hydrogen-bond donors (Lipinski definition) is 1. The quantitative estimate of drug-likeness (QED) is 0.625. The standard InChI is InChI=1S/C20H26ClNO2/c1-16(2)23-13-7-12-22-14-17-8-4-6-11-20(17)24-15-18-9-3-5-10-19(18)21/h3-6,8-11,16,22H,7,12-15H2,1-2H3. The van der Waals surface area contributed by atoms with Crippen molar-refractivity contribution in [2.75, 3.05) is 13.2 Å². The molecule has 0 saturated heterocycles. The molecule has 0 aliphatic rings. The van der Waals surface area contributed by atoms with Gasteiger partial charge in [0.05, 0.1) is 6.10 Å². The molecule has 2 aromatic rings. The highest BCUT2D eigenvalue weighted by Gasteiger charge is 2.05. The van der Waals surface area contributed by atoms with Crippen molar-refractivity contribution in [2.24, 2.45) is 0 Å². The molecule has 4 heteroatoms. The highest BCUT2D eigenvalue weighted by atomic mass is 35.5. The molecule has 0 unspecified atom stereocenters. The lowest BCUT2D eigenvalue weighted by molar-refractivity contribution is 0.0770. The van der Waals surface area contributed by atoms with Crippen molar-refractivity contribution in [2.45, 2.75) is 39.5 Å². The Balaban J connectivity index is 1.80. The zero-order valence-electron chi connectivity index (χ0n) is 14.4. The predicted octanol–water partition coefficient (Wildman–Crippen LogP) is 4.82. The Morgan fingerprint density at radius 1 is 1.00 bits per heavy atom. The van der Waals surface area contributed by atoms with Crippen molar-refractivity contribution in [3.8, 4) is 5.75 Å². The maximum atomic E-state index is 6.18. The van der Waals surface area contributed by atoms with E-state index in [0.717, 1.165) is 48.0 Å². The monoisotopic (exact) mass is 347 g/mol. The van der Waals surface area contributed by atoms with Crippen LogP contribution in [0, 0.1) is 0 Å². The van der Waals surface area contributed by atoms with Gasteiger partial charge >= 0.3 is 0 Å². The largest absolute Gasteiger partial charge is 0.489 e. The van der Waals surface area contributed by atoms with Crippen molar-refractivity contribution >= 4 is 11.6 Å². The summed E-state index contributed by atoms with van der Waals surface area (Å²) >= 11 is 6.18. The summed E-state index contributed by atoms with van der Waals surface area (Å²) < 4.78 is 11.5. The first-order valence-corrected chi connectivity index (χ1v) is 8.81. The minimum absolute atomic E-state index is 0.295. The van der Waals surface area contributed by atoms with Crippen LogP contribution in [0.3, 0.4) is 0 Å². The van der Waals surface area contributed by atoms with Gasteiger partial charge in [-0.3, -0.25) is 0 Å². The van der Waals surface area contributed by atoms with E-state index >= 15 is 0 Å². The van der Waals surface area contributed by atoms with Crippen LogP contribution in [0.1, 0.15) is 31.4 Å². The Bertz CT molecular complexity index is 616. The van der Waals surface area contributed by atoms with Gasteiger partial charge < -0.3 is 14.8 Å². The van der Waals surface area contributed by atoms with Gasteiger partial charge in [0.1, 0.15) is 12.4 Å². The molecule has 130 valence electrons. The highest BCUT2D eigenvalue weighted by molar-refractivity contribution is 6.31. The average Bonchev–Trinajstić information content (AvgIpc) is 2.58. The fourth-order valence-electron chi connectivity index (χ4n) is 2.30. The van der Waals surface area contributed by atoms with Crippen molar-refractivity contribution in [1.29, 1.82) is 0 Å². The van der Waals surface area contributed by atoms with Crippen LogP contribution < -0.4 is 10.1 Å². The van der Waals surface area contributed by atoms with Gasteiger partial charge in [-0.1, -0.05) is 48.0 Å². The minimum Gasteiger partial charge on any atom is -0.489 e. The maximum Gasteiger partial charge on any atom is 0.124 e. The van der Waals surface area contributed by atoms with Crippen molar-refractivity contribution in [3.63, 3.8) is 0 Å². The molecule has 0 spiro atoms. The summed E-state index contributed by atoms with van der Waals surface area (Å²) in [5.74, 6) is 0.892. The Kier molecular flexibility index (Phi) is 8.10. The number of rotatable bonds is 10. The van der Waals surface area contributed by atoms with E-state index < -0.39 is 0 Å². The van der Waals surface area contributed by atoms with Gasteiger partial charge in [0.25, 0.3) is 0 Å². The van der Waals surface area contributed by atoms with Crippen molar-refractivity contribution in [1.82, 2.24) is 5.32 Å². The van der Waals surface area contributed by atoms with Gasteiger partial charge in [-0.2, -0.15) is 0 Å². The summed E-state index contributed by atoms with van der Waals surface area (Å²) in [6.45, 7) is 7.07. The van der Waals surface area contributed by atoms with Crippen LogP contribution >= 0.6 is 11.6 Å². The second kappa shape index (κ2) is 10.3. The van der Waals surface area contributed by atoms with Crippen molar-refractivity contribution < 1.29 is 9.47 Å². The van der Waals surface area contributed by atoms with Gasteiger partial charge in [0.15, 0.2) is 0 Å². The summed E-state index contributed by atoms with van der Waals surface area (Å²) in [4.78, 5) is 0. The molecule has 0 amide bonds. The van der Waals surface area contributed by atoms with E-state index in [1.54, 1.807) is 0 Å². The molecule has 0 saturated carbocycles. The summed E-state index contributed by atoms with van der Waals surface area (Å²) in [5.41, 5.74) is 2.14. The van der Waals surface area contributed by atoms with E-state index in [1.807, 2.05) is 42.5 Å². The molecule has 0 bridgehead atoms. The minimum atomic E-state index is 0.295. The van der Waals surface area contributed by atoms with E-state index in [-0.39, 0.29) is 0 Å². The number of para-hydroxylation sites is 1. The van der Waals surface area contributed by atoms with E-state index in [4.69, 9.17) is 21.1 Å². The lowest BCUT2D eigenvalue weighted by Gasteiger charge is -2.13. The Labute approximate surface area is 149 Å². The molecule has 0 heterocycles. The molecular weight excluding hydrogens is 322 g/mol. The second-order valence-corrected chi connectivity index (χ2v) is 6.34. The van der Waals surface area contributed by atoms with Crippen LogP contribution in [0.15, 0.2) is 48.5 Å². The zero-order valence-corrected chi connectivity index (χ0v) is 15.2. The number of ether oxygens (including phenoxy) is 2. The molecule has 2 aromatic carbocycles. The first kappa shape index (κ1) is 18.8. The number of hydrogen-bond acceptors (Lipinski definition) is 3. The second-order valence-electron chi connectivity index (χ2n) is 5.94. The molecule has 0 aliphatic carbocycles. The molecular formula is C20H26ClNO2. The smallest absolute Gasteiger partial charge is 0.124 e. The maximum absolute atomic E-state index is 6.18. The van der Waals surface area contributed by atoms with Crippen LogP contribution in [0.2, 0.25) is 5.02 Å². The molecule has 0 atom stereocenters. The summed E-state index contributed by atoms with van der Waals surface area (Å²) in [5, 5.41) is 4.17. The lowest BCUT2D eigenvalue weighted by atomic mass is 10.2. The molecule has 0 aromatic heterocycles. The van der Waals surface area contributed by atoms with Gasteiger partial charge in [-0.15, -0.1) is 0 Å². The van der Waals surface area contributed by atoms with E-state index in [9.17, 15) is 0 Å². The van der Waals surface area contributed by atoms with E-state index in [0.29, 0.717) is 12.7 Å². The Hall–Kier alpha value is -1.55. The number of benzene rings is 2. The summed E-state index contributed by atoms with van der Waals surface area (Å²) in [7, 11) is 0. The van der Waals surface area contributed by atoms with Gasteiger partial charge in [-0.05, 0) is 38.9 Å². The summed E-state index contributed by atoms with van der Waals surface area (Å²) in [6, 6.07) is 15.9. The Morgan fingerprint density at radius 2 is 1.71 bits per heavy atom. The lowest BCUT2D eigenvalue weighted by Crippen LogP contribution is -2.17. The third kappa shape index (κ3) is 6.52. The highest BCUT2D eigenvalue weighted by Crippen LogP contribution is 2.21. The van der Waals surface area contributed by atoms with Crippen LogP contribution in [0.25, 0.3) is 0 Å². The molecule has 3 nitrogen and oxygen atoms in total. The van der Waals surface area contributed by atoms with E-state index in [1.165, 1.54) is 0 Å². The fraction of sp³-hybridized carbons (Fsp3) is 0.400. The molecule has 0 fully saturated rings. The third-order valence-electron chi connectivity index (χ3n) is 3.58. The van der Waals surface area contributed by atoms with Crippen LogP contribution in [0.4, 0.5) is 0 Å². The van der Waals surface area contributed by atoms with Crippen LogP contribution in [-0.2, 0) is 17.9 Å². The normalized spacial score (nSPS) is 11.0.